The van der Waals surface area contributed by atoms with Crippen molar-refractivity contribution in [1.29, 1.82) is 5.26 Å². The van der Waals surface area contributed by atoms with Crippen molar-refractivity contribution < 1.29 is 0 Å². The van der Waals surface area contributed by atoms with Crippen LogP contribution < -0.4 is 20.7 Å². The van der Waals surface area contributed by atoms with Crippen LogP contribution >= 0.6 is 0 Å². The lowest BCUT2D eigenvalue weighted by Crippen LogP contribution is -2.74. The molecule has 0 saturated carbocycles. The molecule has 0 unspecified atom stereocenters. The summed E-state index contributed by atoms with van der Waals surface area (Å²) >= 11 is 0. The van der Waals surface area contributed by atoms with Crippen molar-refractivity contribution in [2.75, 3.05) is 0 Å². The number of fused-ring (bicyclic) bond motifs is 9. The fraction of sp³-hybridized carbons (Fsp3) is 0. The lowest BCUT2D eigenvalue weighted by Gasteiger charge is -2.34. The molecule has 0 N–H and O–H groups in total. The van der Waals surface area contributed by atoms with Gasteiger partial charge in [-0.1, -0.05) is 194 Å². The van der Waals surface area contributed by atoms with E-state index in [-0.39, 0.29) is 0 Å². The molecule has 4 heterocycles. The van der Waals surface area contributed by atoms with Crippen molar-refractivity contribution in [1.82, 2.24) is 23.7 Å². The predicted molar refractivity (Wildman–Crippen MR) is 299 cm³/mol. The number of hydrogen-bond donors (Lipinski definition) is 0. The van der Waals surface area contributed by atoms with Gasteiger partial charge in [-0.15, -0.1) is 0 Å². The predicted octanol–water partition coefficient (Wildman–Crippen LogP) is 12.7. The van der Waals surface area contributed by atoms with E-state index < -0.39 is 8.07 Å². The molecule has 4 aromatic heterocycles. The first-order chi connectivity index (χ1) is 35.7. The maximum atomic E-state index is 10.2. The molecule has 336 valence electrons. The number of hydrogen-bond acceptors (Lipinski definition) is 3. The Morgan fingerprint density at radius 3 is 1.22 bits per heavy atom. The molecule has 10 aromatic carbocycles. The Balaban J connectivity index is 1.02. The molecule has 0 amide bonds. The number of benzene rings is 10. The first-order valence-electron chi connectivity index (χ1n) is 24.3. The Morgan fingerprint density at radius 2 is 0.722 bits per heavy atom. The summed E-state index contributed by atoms with van der Waals surface area (Å²) in [5, 5.41) is 22.2. The van der Waals surface area contributed by atoms with E-state index in [0.29, 0.717) is 17.2 Å². The van der Waals surface area contributed by atoms with Crippen molar-refractivity contribution in [2.24, 2.45) is 0 Å². The van der Waals surface area contributed by atoms with Crippen LogP contribution in [-0.2, 0) is 0 Å². The van der Waals surface area contributed by atoms with Crippen LogP contribution in [-0.4, -0.2) is 31.7 Å². The van der Waals surface area contributed by atoms with Crippen LogP contribution in [0.15, 0.2) is 255 Å². The van der Waals surface area contributed by atoms with Gasteiger partial charge in [0.25, 0.3) is 0 Å². The Kier molecular flexibility index (Phi) is 9.49. The molecular formula is C65H42N6Si. The van der Waals surface area contributed by atoms with E-state index in [1.54, 1.807) is 0 Å². The van der Waals surface area contributed by atoms with Gasteiger partial charge in [-0.05, 0) is 75.3 Å². The van der Waals surface area contributed by atoms with Crippen molar-refractivity contribution in [3.8, 4) is 34.8 Å². The molecule has 72 heavy (non-hydrogen) atoms. The minimum Gasteiger partial charge on any atom is -0.309 e. The van der Waals surface area contributed by atoms with Gasteiger partial charge in [0.15, 0.2) is 13.9 Å². The summed E-state index contributed by atoms with van der Waals surface area (Å²) in [4.78, 5) is 11.1. The third-order valence-electron chi connectivity index (χ3n) is 14.7. The average molecular weight is 935 g/mol. The van der Waals surface area contributed by atoms with Gasteiger partial charge in [-0.3, -0.25) is 9.13 Å². The second-order valence-electron chi connectivity index (χ2n) is 18.5. The second-order valence-corrected chi connectivity index (χ2v) is 22.3. The molecule has 0 bridgehead atoms. The first-order valence-corrected chi connectivity index (χ1v) is 26.3. The topological polar surface area (TPSA) is 64.4 Å². The van der Waals surface area contributed by atoms with Crippen LogP contribution in [0, 0.1) is 11.3 Å². The summed E-state index contributed by atoms with van der Waals surface area (Å²) in [6.45, 7) is 0. The molecule has 7 heteroatoms. The summed E-state index contributed by atoms with van der Waals surface area (Å²) in [6, 6.07) is 93.6. The molecule has 0 aliphatic heterocycles. The second kappa shape index (κ2) is 16.5. The number of rotatable bonds is 8. The molecule has 14 aromatic rings. The lowest BCUT2D eigenvalue weighted by molar-refractivity contribution is 0.994. The summed E-state index contributed by atoms with van der Waals surface area (Å²) in [5.41, 5.74) is 8.87. The zero-order valence-corrected chi connectivity index (χ0v) is 39.9. The van der Waals surface area contributed by atoms with Crippen LogP contribution in [0.1, 0.15) is 5.56 Å². The highest BCUT2D eigenvalue weighted by Crippen LogP contribution is 2.38. The van der Waals surface area contributed by atoms with Crippen LogP contribution in [0.3, 0.4) is 0 Å². The molecule has 0 atom stereocenters. The maximum Gasteiger partial charge on any atom is 0.179 e. The van der Waals surface area contributed by atoms with Crippen LogP contribution in [0.2, 0.25) is 0 Å². The van der Waals surface area contributed by atoms with Crippen LogP contribution in [0.4, 0.5) is 0 Å². The van der Waals surface area contributed by atoms with Gasteiger partial charge in [0.2, 0.25) is 0 Å². The first kappa shape index (κ1) is 41.4. The van der Waals surface area contributed by atoms with Gasteiger partial charge in [-0.25, -0.2) is 9.97 Å². The monoisotopic (exact) mass is 934 g/mol. The Bertz CT molecular complexity index is 4300. The molecule has 0 aliphatic rings. The molecule has 0 saturated heterocycles. The normalized spacial score (nSPS) is 11.9. The van der Waals surface area contributed by atoms with Gasteiger partial charge in [-0.2, -0.15) is 5.26 Å². The van der Waals surface area contributed by atoms with Gasteiger partial charge in [0.05, 0.1) is 44.7 Å². The maximum absolute atomic E-state index is 10.2. The Labute approximate surface area is 416 Å². The third kappa shape index (κ3) is 6.26. The van der Waals surface area contributed by atoms with Gasteiger partial charge in [0, 0.05) is 49.6 Å². The van der Waals surface area contributed by atoms with Crippen LogP contribution in [0.5, 0.6) is 0 Å². The van der Waals surface area contributed by atoms with E-state index in [4.69, 9.17) is 9.97 Å². The molecule has 0 radical (unpaired) electrons. The highest BCUT2D eigenvalue weighted by molar-refractivity contribution is 7.19. The fourth-order valence-corrected chi connectivity index (χ4v) is 16.3. The van der Waals surface area contributed by atoms with Crippen LogP contribution in [0.25, 0.3) is 94.1 Å². The number of para-hydroxylation sites is 4. The quantitative estimate of drug-likeness (QED) is 0.113. The van der Waals surface area contributed by atoms with Crippen molar-refractivity contribution in [3.05, 3.63) is 260 Å². The molecule has 0 aliphatic carbocycles. The number of nitrogens with zero attached hydrogens (tertiary/aromatic N) is 6. The molecule has 0 spiro atoms. The van der Waals surface area contributed by atoms with Gasteiger partial charge >= 0.3 is 0 Å². The summed E-state index contributed by atoms with van der Waals surface area (Å²) in [6.07, 6.45) is 0. The van der Waals surface area contributed by atoms with Crippen molar-refractivity contribution in [3.63, 3.8) is 0 Å². The van der Waals surface area contributed by atoms with E-state index in [1.807, 2.05) is 12.1 Å². The highest BCUT2D eigenvalue weighted by atomic mass is 28.3. The standard InChI is InChI=1S/C65H42N6Si/c66-43-44-32-38-55-53-26-12-16-30-59(53)71(62(55)40-44)64-42-63(70-60-31-17-13-27-54(60)56-41-46(35-39-61(56)70)69-57-28-14-10-24-51(57)52-25-11-15-29-58(52)69)67-65(68-64)45-33-36-50(37-34-45)72(47-18-4-1-5-19-47,48-20-6-2-7-21-48)49-22-8-3-9-23-49/h1-42H. The van der Waals surface area contributed by atoms with E-state index in [9.17, 15) is 5.26 Å². The average Bonchev–Trinajstić information content (AvgIpc) is 4.09. The smallest absolute Gasteiger partial charge is 0.179 e. The molecule has 6 nitrogen and oxygen atoms in total. The highest BCUT2D eigenvalue weighted by Gasteiger charge is 2.41. The van der Waals surface area contributed by atoms with E-state index in [2.05, 4.69) is 262 Å². The minimum atomic E-state index is -2.80. The van der Waals surface area contributed by atoms with Gasteiger partial charge < -0.3 is 4.57 Å². The number of nitriles is 1. The molecule has 0 fully saturated rings. The van der Waals surface area contributed by atoms with Crippen molar-refractivity contribution in [2.45, 2.75) is 0 Å². The SMILES string of the molecule is N#Cc1ccc2c3ccccc3n(-c3cc(-n4c5ccccc5c5cc(-n6c7ccccc7c7ccccc76)ccc54)nc(-c4ccc([Si](c5ccccc5)(c5ccccc5)c5ccccc5)cc4)n3)c2c1. The van der Waals surface area contributed by atoms with Crippen molar-refractivity contribution >= 4 is 94.2 Å². The molecule has 14 rings (SSSR count). The largest absolute Gasteiger partial charge is 0.309 e. The molecular weight excluding hydrogens is 893 g/mol. The minimum absolute atomic E-state index is 0.584. The Morgan fingerprint density at radius 1 is 0.319 bits per heavy atom. The summed E-state index contributed by atoms with van der Waals surface area (Å²) in [5.74, 6) is 2.03. The van der Waals surface area contributed by atoms with E-state index in [1.165, 1.54) is 42.6 Å². The fourth-order valence-electron chi connectivity index (χ4n) is 11.5. The summed E-state index contributed by atoms with van der Waals surface area (Å²) < 4.78 is 6.86. The summed E-state index contributed by atoms with van der Waals surface area (Å²) in [7, 11) is -2.80. The third-order valence-corrected chi connectivity index (χ3v) is 19.4. The van der Waals surface area contributed by atoms with Gasteiger partial charge in [0.1, 0.15) is 11.6 Å². The lowest BCUT2D eigenvalue weighted by atomic mass is 10.1. The van der Waals surface area contributed by atoms with E-state index in [0.717, 1.165) is 60.7 Å². The zero-order valence-electron chi connectivity index (χ0n) is 38.9. The zero-order chi connectivity index (χ0) is 47.8. The number of aromatic nitrogens is 5. The van der Waals surface area contributed by atoms with E-state index >= 15 is 0 Å². The Hall–Kier alpha value is -9.61.